The fourth-order valence-corrected chi connectivity index (χ4v) is 6.56. The van der Waals surface area contributed by atoms with E-state index in [-0.39, 0.29) is 0 Å². The number of para-hydroxylation sites is 5. The van der Waals surface area contributed by atoms with Crippen molar-refractivity contribution in [2.75, 3.05) is 4.90 Å². The minimum Gasteiger partial charge on any atom is -0.436 e. The maximum absolute atomic E-state index is 6.05. The van der Waals surface area contributed by atoms with Gasteiger partial charge >= 0.3 is 0 Å². The Hall–Kier alpha value is -7.12. The highest BCUT2D eigenvalue weighted by molar-refractivity contribution is 5.92. The molecular formula is C44H27N5O2. The molecule has 0 saturated heterocycles. The molecule has 10 rings (SSSR count). The predicted molar refractivity (Wildman–Crippen MR) is 203 cm³/mol. The number of anilines is 3. The highest BCUT2D eigenvalue weighted by atomic mass is 16.4. The largest absolute Gasteiger partial charge is 0.436 e. The summed E-state index contributed by atoms with van der Waals surface area (Å²) < 4.78 is 12.1. The molecule has 0 N–H and O–H groups in total. The zero-order valence-corrected chi connectivity index (χ0v) is 27.1. The van der Waals surface area contributed by atoms with Gasteiger partial charge in [0.1, 0.15) is 11.0 Å². The Bertz CT molecular complexity index is 2670. The van der Waals surface area contributed by atoms with Crippen molar-refractivity contribution in [1.82, 2.24) is 19.9 Å². The lowest BCUT2D eigenvalue weighted by molar-refractivity contribution is 0.619. The lowest BCUT2D eigenvalue weighted by Gasteiger charge is -2.26. The Morgan fingerprint density at radius 3 is 1.41 bits per heavy atom. The molecule has 0 aliphatic heterocycles. The first-order valence-electron chi connectivity index (χ1n) is 16.7. The number of aromatic nitrogens is 4. The number of hydrogen-bond donors (Lipinski definition) is 0. The SMILES string of the molecule is c1ccc2nc3cc(-c4ccc(N(c5ccc(-c6nc7ccccc7o6)cc5)c5ccc(-c6nc7ccccc7o6)cc5)cc4)cnc3cc2c1. The summed E-state index contributed by atoms with van der Waals surface area (Å²) in [5.41, 5.74) is 12.8. The minimum atomic E-state index is 0.591. The van der Waals surface area contributed by atoms with Crippen molar-refractivity contribution < 1.29 is 8.83 Å². The number of nitrogens with zero attached hydrogens (tertiary/aromatic N) is 5. The molecule has 7 nitrogen and oxygen atoms in total. The maximum Gasteiger partial charge on any atom is 0.227 e. The van der Waals surface area contributed by atoms with Crippen LogP contribution in [0.1, 0.15) is 0 Å². The molecule has 0 radical (unpaired) electrons. The summed E-state index contributed by atoms with van der Waals surface area (Å²) in [7, 11) is 0. The van der Waals surface area contributed by atoms with Gasteiger partial charge in [0.2, 0.25) is 11.8 Å². The molecule has 7 heteroatoms. The van der Waals surface area contributed by atoms with Gasteiger partial charge < -0.3 is 13.7 Å². The third kappa shape index (κ3) is 5.25. The highest BCUT2D eigenvalue weighted by Gasteiger charge is 2.16. The van der Waals surface area contributed by atoms with Crippen LogP contribution < -0.4 is 4.90 Å². The van der Waals surface area contributed by atoms with E-state index in [4.69, 9.17) is 28.8 Å². The Morgan fingerprint density at radius 2 is 0.863 bits per heavy atom. The third-order valence-corrected chi connectivity index (χ3v) is 9.16. The molecule has 0 unspecified atom stereocenters. The fourth-order valence-electron chi connectivity index (χ4n) is 6.56. The van der Waals surface area contributed by atoms with Crippen LogP contribution in [0, 0.1) is 0 Å². The molecular weight excluding hydrogens is 631 g/mol. The Labute approximate surface area is 292 Å². The molecule has 10 aromatic rings. The molecule has 0 atom stereocenters. The monoisotopic (exact) mass is 657 g/mol. The van der Waals surface area contributed by atoms with Crippen molar-refractivity contribution in [3.05, 3.63) is 164 Å². The van der Waals surface area contributed by atoms with Gasteiger partial charge in [-0.1, -0.05) is 54.6 Å². The van der Waals surface area contributed by atoms with E-state index < -0.39 is 0 Å². The lowest BCUT2D eigenvalue weighted by Crippen LogP contribution is -2.09. The van der Waals surface area contributed by atoms with Crippen molar-refractivity contribution in [1.29, 1.82) is 0 Å². The van der Waals surface area contributed by atoms with Crippen LogP contribution in [0.5, 0.6) is 0 Å². The van der Waals surface area contributed by atoms with Gasteiger partial charge in [0.15, 0.2) is 11.2 Å². The smallest absolute Gasteiger partial charge is 0.227 e. The van der Waals surface area contributed by atoms with Crippen LogP contribution in [0.15, 0.2) is 173 Å². The third-order valence-electron chi connectivity index (χ3n) is 9.16. The Kier molecular flexibility index (Phi) is 6.67. The van der Waals surface area contributed by atoms with E-state index in [0.717, 1.165) is 83.5 Å². The van der Waals surface area contributed by atoms with Gasteiger partial charge in [-0.3, -0.25) is 4.98 Å². The van der Waals surface area contributed by atoms with Gasteiger partial charge in [0.05, 0.1) is 16.6 Å². The van der Waals surface area contributed by atoms with Crippen LogP contribution in [0.3, 0.4) is 0 Å². The van der Waals surface area contributed by atoms with Crippen molar-refractivity contribution in [2.24, 2.45) is 0 Å². The second-order valence-corrected chi connectivity index (χ2v) is 12.4. The average molecular weight is 658 g/mol. The molecule has 240 valence electrons. The number of benzene rings is 6. The quantitative estimate of drug-likeness (QED) is 0.165. The van der Waals surface area contributed by atoms with Crippen molar-refractivity contribution in [2.45, 2.75) is 0 Å². The summed E-state index contributed by atoms with van der Waals surface area (Å²) >= 11 is 0. The van der Waals surface area contributed by atoms with Gasteiger partial charge in [0.25, 0.3) is 0 Å². The molecule has 0 aliphatic rings. The van der Waals surface area contributed by atoms with E-state index >= 15 is 0 Å². The number of oxazole rings is 2. The lowest BCUT2D eigenvalue weighted by atomic mass is 10.0. The number of pyridine rings is 2. The van der Waals surface area contributed by atoms with Gasteiger partial charge in [-0.2, -0.15) is 0 Å². The maximum atomic E-state index is 6.05. The zero-order valence-electron chi connectivity index (χ0n) is 27.1. The standard InChI is InChI=1S/C44H27N5O2/c1-2-8-36-31(7-1)25-39-40(46-36)26-32(27-45-39)28-13-19-33(20-14-28)49(34-21-15-29(16-22-34)43-47-37-9-3-5-11-41(37)50-43)35-23-17-30(18-24-35)44-48-38-10-4-6-12-42(38)51-44/h1-27H. The van der Waals surface area contributed by atoms with Crippen LogP contribution >= 0.6 is 0 Å². The van der Waals surface area contributed by atoms with E-state index in [1.165, 1.54) is 0 Å². The first-order chi connectivity index (χ1) is 25.2. The summed E-state index contributed by atoms with van der Waals surface area (Å²) in [6.07, 6.45) is 1.92. The van der Waals surface area contributed by atoms with Crippen molar-refractivity contribution >= 4 is 61.2 Å². The number of hydrogen-bond acceptors (Lipinski definition) is 7. The topological polar surface area (TPSA) is 81.1 Å². The number of fused-ring (bicyclic) bond motifs is 4. The molecule has 0 spiro atoms. The highest BCUT2D eigenvalue weighted by Crippen LogP contribution is 2.38. The van der Waals surface area contributed by atoms with E-state index in [1.807, 2.05) is 97.2 Å². The van der Waals surface area contributed by atoms with E-state index in [9.17, 15) is 0 Å². The Balaban J connectivity index is 1.02. The van der Waals surface area contributed by atoms with E-state index in [2.05, 4.69) is 71.6 Å². The van der Waals surface area contributed by atoms with Crippen molar-refractivity contribution in [3.63, 3.8) is 0 Å². The zero-order chi connectivity index (χ0) is 33.7. The molecule has 0 saturated carbocycles. The molecule has 0 aliphatic carbocycles. The normalized spacial score (nSPS) is 11.5. The minimum absolute atomic E-state index is 0.591. The van der Waals surface area contributed by atoms with Gasteiger partial charge in [0, 0.05) is 45.3 Å². The summed E-state index contributed by atoms with van der Waals surface area (Å²) in [6.45, 7) is 0. The molecule has 4 heterocycles. The van der Waals surface area contributed by atoms with Crippen LogP contribution in [0.4, 0.5) is 17.1 Å². The predicted octanol–water partition coefficient (Wildman–Crippen LogP) is 11.5. The fraction of sp³-hybridized carbons (Fsp3) is 0. The van der Waals surface area contributed by atoms with E-state index in [1.54, 1.807) is 0 Å². The summed E-state index contributed by atoms with van der Waals surface area (Å²) in [6, 6.07) is 53.0. The number of rotatable bonds is 6. The molecule has 6 aromatic carbocycles. The molecule has 51 heavy (non-hydrogen) atoms. The van der Waals surface area contributed by atoms with Crippen LogP contribution in [-0.4, -0.2) is 19.9 Å². The molecule has 4 aromatic heterocycles. The van der Waals surface area contributed by atoms with Crippen LogP contribution in [0.25, 0.3) is 78.2 Å². The first kappa shape index (κ1) is 28.9. The van der Waals surface area contributed by atoms with Gasteiger partial charge in [-0.15, -0.1) is 0 Å². The molecule has 0 fully saturated rings. The molecule has 0 bridgehead atoms. The summed E-state index contributed by atoms with van der Waals surface area (Å²) in [5, 5.41) is 1.08. The van der Waals surface area contributed by atoms with Gasteiger partial charge in [-0.25, -0.2) is 15.0 Å². The second kappa shape index (κ2) is 11.8. The van der Waals surface area contributed by atoms with Crippen molar-refractivity contribution in [3.8, 4) is 34.0 Å². The van der Waals surface area contributed by atoms with Crippen LogP contribution in [-0.2, 0) is 0 Å². The molecule has 0 amide bonds. The summed E-state index contributed by atoms with van der Waals surface area (Å²) in [4.78, 5) is 21.2. The average Bonchev–Trinajstić information content (AvgIpc) is 3.83. The van der Waals surface area contributed by atoms with Crippen LogP contribution in [0.2, 0.25) is 0 Å². The van der Waals surface area contributed by atoms with E-state index in [0.29, 0.717) is 11.8 Å². The van der Waals surface area contributed by atoms with Gasteiger partial charge in [-0.05, 0) is 109 Å². The Morgan fingerprint density at radius 1 is 0.373 bits per heavy atom. The second-order valence-electron chi connectivity index (χ2n) is 12.4. The summed E-state index contributed by atoms with van der Waals surface area (Å²) in [5.74, 6) is 1.18. The first-order valence-corrected chi connectivity index (χ1v) is 16.7.